The van der Waals surface area contributed by atoms with Gasteiger partial charge in [-0.15, -0.1) is 4.58 Å². The number of benzene rings is 6. The van der Waals surface area contributed by atoms with Crippen LogP contribution in [0.25, 0.3) is 60.9 Å². The lowest BCUT2D eigenvalue weighted by atomic mass is 9.89. The summed E-state index contributed by atoms with van der Waals surface area (Å²) in [6, 6.07) is 45.5. The third-order valence-corrected chi connectivity index (χ3v) is 10.5. The molecule has 6 nitrogen and oxygen atoms in total. The number of ether oxygens (including phenoxy) is 1. The summed E-state index contributed by atoms with van der Waals surface area (Å²) in [6.45, 7) is 0. The van der Waals surface area contributed by atoms with Crippen LogP contribution in [0, 0.1) is 0 Å². The molecule has 50 heavy (non-hydrogen) atoms. The Morgan fingerprint density at radius 3 is 2.14 bits per heavy atom. The Morgan fingerprint density at radius 2 is 1.34 bits per heavy atom. The number of para-hydroxylation sites is 1. The van der Waals surface area contributed by atoms with Crippen molar-refractivity contribution in [1.29, 1.82) is 0 Å². The summed E-state index contributed by atoms with van der Waals surface area (Å²) in [4.78, 5) is 15.8. The molecule has 6 heteroatoms. The van der Waals surface area contributed by atoms with E-state index in [0.29, 0.717) is 22.7 Å². The van der Waals surface area contributed by atoms with Gasteiger partial charge in [-0.25, -0.2) is 0 Å². The summed E-state index contributed by atoms with van der Waals surface area (Å²) in [6.07, 6.45) is 4.52. The maximum absolute atomic E-state index is 14.3. The van der Waals surface area contributed by atoms with E-state index in [1.807, 2.05) is 54.6 Å². The molecule has 3 aliphatic heterocycles. The third kappa shape index (κ3) is 3.65. The van der Waals surface area contributed by atoms with Crippen molar-refractivity contribution in [1.82, 2.24) is 4.57 Å². The molecule has 0 saturated carbocycles. The summed E-state index contributed by atoms with van der Waals surface area (Å²) < 4.78 is 10.7. The molecule has 236 valence electrons. The van der Waals surface area contributed by atoms with E-state index in [0.717, 1.165) is 44.7 Å². The van der Waals surface area contributed by atoms with Crippen LogP contribution in [0.15, 0.2) is 152 Å². The fourth-order valence-electron chi connectivity index (χ4n) is 8.27. The fraction of sp³-hybridized carbons (Fsp3) is 0.0455. The number of rotatable bonds is 3. The smallest absolute Gasteiger partial charge is 0.473 e. The molecule has 1 aromatic heterocycles. The van der Waals surface area contributed by atoms with Crippen LogP contribution in [0.1, 0.15) is 11.8 Å². The molecule has 2 amide bonds. The first-order chi connectivity index (χ1) is 24.6. The first-order valence-corrected chi connectivity index (χ1v) is 16.8. The number of hydrogen-bond acceptors (Lipinski definition) is 3. The standard InChI is InChI=1S/C44H28N3O3/c48-43-33-18-15-28(26-9-3-1-4-10-26)23-34(33)32-19-22-39-42-41(32)47(43)44(49)46(42)38-21-17-30(25-40(38)50-39)45-36-14-8-7-13-31(36)35-24-29(16-20-37(35)45)27-11-5-2-6-12-27/h1-25,40,43,48H/q+1. The minimum Gasteiger partial charge on any atom is -0.473 e. The van der Waals surface area contributed by atoms with Gasteiger partial charge in [-0.05, 0) is 82.4 Å². The predicted molar refractivity (Wildman–Crippen MR) is 198 cm³/mol. The maximum Gasteiger partial charge on any atom is 0.506 e. The van der Waals surface area contributed by atoms with E-state index >= 15 is 0 Å². The number of aliphatic hydroxyl groups excluding tert-OH is 1. The van der Waals surface area contributed by atoms with Gasteiger partial charge in [-0.1, -0.05) is 97.1 Å². The van der Waals surface area contributed by atoms with E-state index in [4.69, 9.17) is 4.74 Å². The summed E-state index contributed by atoms with van der Waals surface area (Å²) >= 11 is 0. The van der Waals surface area contributed by atoms with Gasteiger partial charge in [-0.3, -0.25) is 0 Å². The molecular weight excluding hydrogens is 619 g/mol. The monoisotopic (exact) mass is 646 g/mol. The van der Waals surface area contributed by atoms with Gasteiger partial charge in [0.2, 0.25) is 11.9 Å². The number of carbonyl (C=O) groups excluding carboxylic acids is 1. The van der Waals surface area contributed by atoms with E-state index in [2.05, 4.69) is 102 Å². The van der Waals surface area contributed by atoms with Crippen LogP contribution in [0.2, 0.25) is 0 Å². The zero-order valence-electron chi connectivity index (χ0n) is 26.7. The largest absolute Gasteiger partial charge is 0.506 e. The van der Waals surface area contributed by atoms with Crippen LogP contribution < -0.4 is 9.64 Å². The topological polar surface area (TPSA) is 57.7 Å². The molecule has 0 bridgehead atoms. The lowest BCUT2D eigenvalue weighted by Gasteiger charge is -2.27. The molecule has 4 aliphatic rings. The number of hydrogen-bond donors (Lipinski definition) is 1. The summed E-state index contributed by atoms with van der Waals surface area (Å²) in [5, 5.41) is 14.1. The second-order valence-electron chi connectivity index (χ2n) is 13.2. The molecule has 0 radical (unpaired) electrons. The van der Waals surface area contributed by atoms with E-state index in [1.54, 1.807) is 4.58 Å². The molecule has 1 aliphatic carbocycles. The Kier molecular flexibility index (Phi) is 5.50. The Hall–Kier alpha value is -6.50. The molecule has 0 saturated heterocycles. The van der Waals surface area contributed by atoms with Crippen molar-refractivity contribution < 1.29 is 19.2 Å². The first kappa shape index (κ1) is 27.5. The molecular formula is C44H28N3O3+. The summed E-state index contributed by atoms with van der Waals surface area (Å²) in [7, 11) is 0. The van der Waals surface area contributed by atoms with Gasteiger partial charge in [0.15, 0.2) is 23.3 Å². The zero-order chi connectivity index (χ0) is 33.1. The van der Waals surface area contributed by atoms with Crippen molar-refractivity contribution in [2.24, 2.45) is 0 Å². The van der Waals surface area contributed by atoms with Crippen LogP contribution in [-0.2, 0) is 0 Å². The van der Waals surface area contributed by atoms with E-state index in [9.17, 15) is 9.90 Å². The Labute approximate surface area is 287 Å². The van der Waals surface area contributed by atoms with Gasteiger partial charge in [0.25, 0.3) is 0 Å². The average molecular weight is 647 g/mol. The first-order valence-electron chi connectivity index (χ1n) is 16.8. The Morgan fingerprint density at radius 1 is 0.640 bits per heavy atom. The molecule has 0 spiro atoms. The van der Waals surface area contributed by atoms with Crippen LogP contribution >= 0.6 is 0 Å². The van der Waals surface area contributed by atoms with Crippen LogP contribution in [0.5, 0.6) is 5.75 Å². The number of aromatic nitrogens is 1. The van der Waals surface area contributed by atoms with E-state index < -0.39 is 12.3 Å². The second kappa shape index (κ2) is 10.0. The van der Waals surface area contributed by atoms with Crippen molar-refractivity contribution >= 4 is 50.6 Å². The molecule has 2 atom stereocenters. The third-order valence-electron chi connectivity index (χ3n) is 10.5. The van der Waals surface area contributed by atoms with Crippen LogP contribution in [0.4, 0.5) is 16.2 Å². The molecule has 0 fully saturated rings. The number of urea groups is 1. The minimum absolute atomic E-state index is 0.283. The molecule has 1 N–H and O–H groups in total. The normalized spacial score (nSPS) is 18.2. The highest BCUT2D eigenvalue weighted by molar-refractivity contribution is 6.16. The van der Waals surface area contributed by atoms with Crippen molar-refractivity contribution in [3.05, 3.63) is 157 Å². The number of anilines is 1. The number of fused-ring (bicyclic) bond motifs is 6. The number of aliphatic hydroxyl groups is 1. The second-order valence-corrected chi connectivity index (χ2v) is 13.2. The van der Waals surface area contributed by atoms with Gasteiger partial charge < -0.3 is 14.4 Å². The van der Waals surface area contributed by atoms with Crippen molar-refractivity contribution in [3.8, 4) is 39.1 Å². The molecule has 4 heterocycles. The number of nitrogens with zero attached hydrogens (tertiary/aromatic N) is 3. The van der Waals surface area contributed by atoms with Crippen molar-refractivity contribution in [2.45, 2.75) is 12.3 Å². The molecule has 6 aromatic carbocycles. The zero-order valence-corrected chi connectivity index (χ0v) is 26.7. The van der Waals surface area contributed by atoms with Gasteiger partial charge in [0.05, 0.1) is 11.0 Å². The fourth-order valence-corrected chi connectivity index (χ4v) is 8.27. The van der Waals surface area contributed by atoms with Crippen molar-refractivity contribution in [2.75, 3.05) is 4.90 Å². The highest BCUT2D eigenvalue weighted by Crippen LogP contribution is 2.57. The van der Waals surface area contributed by atoms with Gasteiger partial charge in [0, 0.05) is 27.6 Å². The number of carbonyl (C=O) groups is 1. The van der Waals surface area contributed by atoms with E-state index in [1.165, 1.54) is 26.8 Å². The van der Waals surface area contributed by atoms with Gasteiger partial charge >= 0.3 is 6.03 Å². The number of amides is 2. The quantitative estimate of drug-likeness (QED) is 0.195. The molecule has 11 rings (SSSR count). The van der Waals surface area contributed by atoms with E-state index in [-0.39, 0.29) is 6.03 Å². The SMILES string of the molecule is O=C1N2c3c(ccc4c3[N+]1=C1C=CC(n3c5ccccc5c5cc(-c6ccccc6)ccc53)=CC1O4)-c1cc(-c3ccccc3)ccc1C2O. The highest BCUT2D eigenvalue weighted by atomic mass is 16.5. The lowest BCUT2D eigenvalue weighted by Crippen LogP contribution is -2.41. The highest BCUT2D eigenvalue weighted by Gasteiger charge is 2.56. The molecule has 2 unspecified atom stereocenters. The maximum atomic E-state index is 14.3. The summed E-state index contributed by atoms with van der Waals surface area (Å²) in [5.41, 5.74) is 12.3. The van der Waals surface area contributed by atoms with Crippen LogP contribution in [-0.4, -0.2) is 32.1 Å². The average Bonchev–Trinajstić information content (AvgIpc) is 3.67. The van der Waals surface area contributed by atoms with Crippen molar-refractivity contribution in [3.63, 3.8) is 0 Å². The number of allylic oxidation sites excluding steroid dienone is 2. The van der Waals surface area contributed by atoms with Gasteiger partial charge in [-0.2, -0.15) is 9.69 Å². The van der Waals surface area contributed by atoms with Gasteiger partial charge in [0.1, 0.15) is 0 Å². The Balaban J connectivity index is 1.04. The predicted octanol–water partition coefficient (Wildman–Crippen LogP) is 9.70. The Bertz CT molecular complexity index is 2720. The minimum atomic E-state index is -1.12. The summed E-state index contributed by atoms with van der Waals surface area (Å²) in [5.74, 6) is 0.615. The molecule has 7 aromatic rings. The lowest BCUT2D eigenvalue weighted by molar-refractivity contribution is -0.331. The van der Waals surface area contributed by atoms with Crippen LogP contribution in [0.3, 0.4) is 0 Å².